The number of hydrogen-bond donors (Lipinski definition) is 1. The zero-order valence-electron chi connectivity index (χ0n) is 22.2. The van der Waals surface area contributed by atoms with Gasteiger partial charge in [-0.2, -0.15) is 0 Å². The van der Waals surface area contributed by atoms with E-state index in [1.54, 1.807) is 12.1 Å². The maximum Gasteiger partial charge on any atom is 0.339 e. The van der Waals surface area contributed by atoms with Gasteiger partial charge in [0.15, 0.2) is 0 Å². The molecule has 0 heterocycles. The van der Waals surface area contributed by atoms with Crippen LogP contribution in [-0.2, 0) is 9.47 Å². The van der Waals surface area contributed by atoms with Crippen LogP contribution in [0.1, 0.15) is 20.7 Å². The first kappa shape index (κ1) is 26.3. The standard InChI is InChI=1S/C34H28N2O4/c1-39-33(37)29-22-23-30(34(38)40-2)32(35-25-12-6-3-7-13-25)31(29)24-18-20-28(21-19-24)36(26-14-8-4-9-15-26)27-16-10-5-11-17-27/h3-23,35H,1-2H3. The van der Waals surface area contributed by atoms with Crippen LogP contribution >= 0.6 is 0 Å². The molecule has 0 spiro atoms. The second kappa shape index (κ2) is 12.0. The monoisotopic (exact) mass is 528 g/mol. The van der Waals surface area contributed by atoms with Crippen molar-refractivity contribution in [1.29, 1.82) is 0 Å². The number of benzene rings is 5. The van der Waals surface area contributed by atoms with Crippen molar-refractivity contribution in [3.05, 3.63) is 139 Å². The van der Waals surface area contributed by atoms with Gasteiger partial charge in [-0.25, -0.2) is 9.59 Å². The Morgan fingerprint density at radius 2 is 1.00 bits per heavy atom. The van der Waals surface area contributed by atoms with Crippen LogP contribution < -0.4 is 10.2 Å². The Kier molecular flexibility index (Phi) is 7.88. The zero-order chi connectivity index (χ0) is 27.9. The van der Waals surface area contributed by atoms with Crippen LogP contribution in [0.15, 0.2) is 127 Å². The summed E-state index contributed by atoms with van der Waals surface area (Å²) in [6.45, 7) is 0. The fourth-order valence-electron chi connectivity index (χ4n) is 4.64. The molecule has 0 atom stereocenters. The van der Waals surface area contributed by atoms with Crippen LogP contribution in [0.3, 0.4) is 0 Å². The third-order valence-corrected chi connectivity index (χ3v) is 6.50. The third-order valence-electron chi connectivity index (χ3n) is 6.50. The number of rotatable bonds is 8. The van der Waals surface area contributed by atoms with E-state index in [0.717, 1.165) is 28.3 Å². The minimum Gasteiger partial charge on any atom is -0.465 e. The van der Waals surface area contributed by atoms with Gasteiger partial charge >= 0.3 is 11.9 Å². The van der Waals surface area contributed by atoms with E-state index in [1.807, 2.05) is 91.0 Å². The molecule has 1 N–H and O–H groups in total. The van der Waals surface area contributed by atoms with Gasteiger partial charge in [-0.3, -0.25) is 0 Å². The second-order valence-corrected chi connectivity index (χ2v) is 8.94. The molecule has 40 heavy (non-hydrogen) atoms. The average Bonchev–Trinajstić information content (AvgIpc) is 3.02. The summed E-state index contributed by atoms with van der Waals surface area (Å²) in [6.07, 6.45) is 0. The van der Waals surface area contributed by atoms with Crippen LogP contribution in [-0.4, -0.2) is 26.2 Å². The first-order valence-electron chi connectivity index (χ1n) is 12.8. The highest BCUT2D eigenvalue weighted by Gasteiger charge is 2.24. The molecule has 198 valence electrons. The van der Waals surface area contributed by atoms with E-state index in [9.17, 15) is 9.59 Å². The van der Waals surface area contributed by atoms with E-state index in [2.05, 4.69) is 34.5 Å². The summed E-state index contributed by atoms with van der Waals surface area (Å²) in [5.41, 5.74) is 6.06. The fourth-order valence-corrected chi connectivity index (χ4v) is 4.64. The summed E-state index contributed by atoms with van der Waals surface area (Å²) in [5, 5.41) is 3.34. The molecule has 6 nitrogen and oxygen atoms in total. The van der Waals surface area contributed by atoms with Gasteiger partial charge in [0.05, 0.1) is 31.0 Å². The number of methoxy groups -OCH3 is 2. The Morgan fingerprint density at radius 3 is 1.52 bits per heavy atom. The SMILES string of the molecule is COC(=O)c1ccc(C(=O)OC)c(-c2ccc(N(c3ccccc3)c3ccccc3)cc2)c1Nc1ccccc1. The van der Waals surface area contributed by atoms with Crippen molar-refractivity contribution in [2.75, 3.05) is 24.4 Å². The average molecular weight is 529 g/mol. The number of anilines is 5. The predicted molar refractivity (Wildman–Crippen MR) is 159 cm³/mol. The predicted octanol–water partition coefficient (Wildman–Crippen LogP) is 8.14. The molecular formula is C34H28N2O4. The molecule has 0 aliphatic carbocycles. The molecule has 0 fully saturated rings. The lowest BCUT2D eigenvalue weighted by Crippen LogP contribution is -2.12. The fraction of sp³-hybridized carbons (Fsp3) is 0.0588. The third kappa shape index (κ3) is 5.42. The van der Waals surface area contributed by atoms with Gasteiger partial charge in [-0.1, -0.05) is 66.7 Å². The van der Waals surface area contributed by atoms with E-state index in [1.165, 1.54) is 14.2 Å². The molecule has 0 aliphatic rings. The molecule has 0 saturated heterocycles. The number of hydrogen-bond acceptors (Lipinski definition) is 6. The summed E-state index contributed by atoms with van der Waals surface area (Å²) in [6, 6.07) is 40.7. The molecular weight excluding hydrogens is 500 g/mol. The van der Waals surface area contributed by atoms with E-state index >= 15 is 0 Å². The van der Waals surface area contributed by atoms with E-state index < -0.39 is 11.9 Å². The van der Waals surface area contributed by atoms with Crippen molar-refractivity contribution in [3.8, 4) is 11.1 Å². The number of nitrogens with one attached hydrogen (secondary N) is 1. The van der Waals surface area contributed by atoms with Crippen LogP contribution in [0.2, 0.25) is 0 Å². The normalized spacial score (nSPS) is 10.4. The number of carbonyl (C=O) groups is 2. The van der Waals surface area contributed by atoms with Crippen LogP contribution in [0.4, 0.5) is 28.4 Å². The summed E-state index contributed by atoms with van der Waals surface area (Å²) < 4.78 is 10.2. The molecule has 5 rings (SSSR count). The first-order valence-corrected chi connectivity index (χ1v) is 12.8. The maximum atomic E-state index is 12.9. The van der Waals surface area contributed by atoms with Crippen LogP contribution in [0, 0.1) is 0 Å². The highest BCUT2D eigenvalue weighted by molar-refractivity contribution is 6.08. The lowest BCUT2D eigenvalue weighted by molar-refractivity contribution is 0.0588. The Balaban J connectivity index is 1.67. The van der Waals surface area contributed by atoms with Gasteiger partial charge in [0.1, 0.15) is 0 Å². The topological polar surface area (TPSA) is 67.9 Å². The summed E-state index contributed by atoms with van der Waals surface area (Å²) >= 11 is 0. The first-order chi connectivity index (χ1) is 19.6. The second-order valence-electron chi connectivity index (χ2n) is 8.94. The van der Waals surface area contributed by atoms with Crippen molar-refractivity contribution in [2.24, 2.45) is 0 Å². The van der Waals surface area contributed by atoms with Crippen molar-refractivity contribution >= 4 is 40.4 Å². The number of para-hydroxylation sites is 3. The maximum absolute atomic E-state index is 12.9. The Hall–Kier alpha value is -5.36. The Morgan fingerprint density at radius 1 is 0.550 bits per heavy atom. The van der Waals surface area contributed by atoms with Crippen molar-refractivity contribution in [1.82, 2.24) is 0 Å². The Labute approximate surface area is 233 Å². The van der Waals surface area contributed by atoms with Crippen molar-refractivity contribution in [3.63, 3.8) is 0 Å². The molecule has 0 aromatic heterocycles. The highest BCUT2D eigenvalue weighted by atomic mass is 16.5. The molecule has 0 radical (unpaired) electrons. The number of esters is 2. The molecule has 6 heteroatoms. The zero-order valence-corrected chi connectivity index (χ0v) is 22.2. The molecule has 0 aliphatic heterocycles. The summed E-state index contributed by atoms with van der Waals surface area (Å²) in [4.78, 5) is 27.9. The number of carbonyl (C=O) groups excluding carboxylic acids is 2. The number of nitrogens with zero attached hydrogens (tertiary/aromatic N) is 1. The largest absolute Gasteiger partial charge is 0.465 e. The molecule has 5 aromatic carbocycles. The lowest BCUT2D eigenvalue weighted by atomic mass is 9.93. The number of ether oxygens (including phenoxy) is 2. The molecule has 0 unspecified atom stereocenters. The highest BCUT2D eigenvalue weighted by Crippen LogP contribution is 2.40. The van der Waals surface area contributed by atoms with Crippen molar-refractivity contribution < 1.29 is 19.1 Å². The van der Waals surface area contributed by atoms with Crippen LogP contribution in [0.25, 0.3) is 11.1 Å². The minimum absolute atomic E-state index is 0.299. The van der Waals surface area contributed by atoms with Gasteiger partial charge in [0.2, 0.25) is 0 Å². The van der Waals surface area contributed by atoms with Gasteiger partial charge in [-0.05, 0) is 66.2 Å². The van der Waals surface area contributed by atoms with E-state index in [-0.39, 0.29) is 0 Å². The van der Waals surface area contributed by atoms with E-state index in [4.69, 9.17) is 9.47 Å². The quantitative estimate of drug-likeness (QED) is 0.205. The molecule has 0 bridgehead atoms. The molecule has 0 amide bonds. The molecule has 0 saturated carbocycles. The van der Waals surface area contributed by atoms with Crippen LogP contribution in [0.5, 0.6) is 0 Å². The minimum atomic E-state index is -0.521. The lowest BCUT2D eigenvalue weighted by Gasteiger charge is -2.26. The smallest absolute Gasteiger partial charge is 0.339 e. The molecule has 5 aromatic rings. The van der Waals surface area contributed by atoms with Gasteiger partial charge in [0, 0.05) is 28.3 Å². The van der Waals surface area contributed by atoms with Crippen molar-refractivity contribution in [2.45, 2.75) is 0 Å². The Bertz CT molecular complexity index is 1560. The summed E-state index contributed by atoms with van der Waals surface area (Å²) in [5.74, 6) is -1.03. The van der Waals surface area contributed by atoms with E-state index in [0.29, 0.717) is 22.4 Å². The summed E-state index contributed by atoms with van der Waals surface area (Å²) in [7, 11) is 2.67. The van der Waals surface area contributed by atoms with Gasteiger partial charge in [0.25, 0.3) is 0 Å². The van der Waals surface area contributed by atoms with Gasteiger partial charge < -0.3 is 19.7 Å². The van der Waals surface area contributed by atoms with Gasteiger partial charge in [-0.15, -0.1) is 0 Å².